The lowest BCUT2D eigenvalue weighted by Crippen LogP contribution is -2.30. The number of amides is 1. The SMILES string of the molecule is CCOc1ccc([C@H](O)Cn2cc(C(=O)NN)nn2)cc1. The van der Waals surface area contributed by atoms with Crippen molar-refractivity contribution in [1.82, 2.24) is 20.4 Å². The lowest BCUT2D eigenvalue weighted by Gasteiger charge is -2.11. The van der Waals surface area contributed by atoms with Gasteiger partial charge in [-0.2, -0.15) is 0 Å². The number of nitrogen functional groups attached to an aromatic ring is 1. The zero-order valence-corrected chi connectivity index (χ0v) is 11.6. The van der Waals surface area contributed by atoms with E-state index in [9.17, 15) is 9.90 Å². The average molecular weight is 291 g/mol. The molecule has 0 aliphatic heterocycles. The van der Waals surface area contributed by atoms with E-state index in [-0.39, 0.29) is 12.2 Å². The van der Waals surface area contributed by atoms with Crippen LogP contribution in [0.1, 0.15) is 29.1 Å². The van der Waals surface area contributed by atoms with Crippen LogP contribution in [0, 0.1) is 0 Å². The summed E-state index contributed by atoms with van der Waals surface area (Å²) >= 11 is 0. The molecule has 0 aliphatic carbocycles. The highest BCUT2D eigenvalue weighted by Crippen LogP contribution is 2.19. The quantitative estimate of drug-likeness (QED) is 0.392. The first kappa shape index (κ1) is 14.9. The molecule has 2 rings (SSSR count). The largest absolute Gasteiger partial charge is 0.494 e. The van der Waals surface area contributed by atoms with Gasteiger partial charge in [-0.25, -0.2) is 10.5 Å². The number of nitrogens with one attached hydrogen (secondary N) is 1. The van der Waals surface area contributed by atoms with Gasteiger partial charge in [-0.05, 0) is 24.6 Å². The van der Waals surface area contributed by atoms with Crippen molar-refractivity contribution in [3.05, 3.63) is 41.7 Å². The summed E-state index contributed by atoms with van der Waals surface area (Å²) in [4.78, 5) is 11.3. The summed E-state index contributed by atoms with van der Waals surface area (Å²) in [6, 6.07) is 7.13. The number of nitrogens with zero attached hydrogens (tertiary/aromatic N) is 3. The number of ether oxygens (including phenoxy) is 1. The lowest BCUT2D eigenvalue weighted by molar-refractivity contribution is 0.0948. The van der Waals surface area contributed by atoms with Crippen LogP contribution in [0.15, 0.2) is 30.5 Å². The predicted octanol–water partition coefficient (Wildman–Crippen LogP) is 0.0139. The molecule has 1 amide bonds. The van der Waals surface area contributed by atoms with E-state index >= 15 is 0 Å². The maximum Gasteiger partial charge on any atom is 0.287 e. The van der Waals surface area contributed by atoms with Crippen LogP contribution in [0.2, 0.25) is 0 Å². The number of carbonyl (C=O) groups excluding carboxylic acids is 1. The molecule has 4 N–H and O–H groups in total. The molecule has 21 heavy (non-hydrogen) atoms. The summed E-state index contributed by atoms with van der Waals surface area (Å²) in [5, 5.41) is 17.6. The minimum absolute atomic E-state index is 0.0939. The molecule has 8 nitrogen and oxygen atoms in total. The number of aromatic nitrogens is 3. The second-order valence-electron chi connectivity index (χ2n) is 4.32. The fraction of sp³-hybridized carbons (Fsp3) is 0.308. The van der Waals surface area contributed by atoms with Gasteiger partial charge in [0.1, 0.15) is 5.75 Å². The number of aliphatic hydroxyl groups is 1. The minimum Gasteiger partial charge on any atom is -0.494 e. The number of rotatable bonds is 6. The fourth-order valence-electron chi connectivity index (χ4n) is 1.80. The molecule has 1 aromatic carbocycles. The zero-order valence-electron chi connectivity index (χ0n) is 11.6. The van der Waals surface area contributed by atoms with Gasteiger partial charge in [-0.15, -0.1) is 5.10 Å². The molecule has 1 atom stereocenters. The Balaban J connectivity index is 2.01. The van der Waals surface area contributed by atoms with Crippen LogP contribution in [0.4, 0.5) is 0 Å². The van der Waals surface area contributed by atoms with Crippen molar-refractivity contribution in [2.24, 2.45) is 5.84 Å². The van der Waals surface area contributed by atoms with E-state index in [0.717, 1.165) is 11.3 Å². The second-order valence-corrected chi connectivity index (χ2v) is 4.32. The number of hydrogen-bond acceptors (Lipinski definition) is 6. The van der Waals surface area contributed by atoms with Gasteiger partial charge in [-0.3, -0.25) is 10.2 Å². The lowest BCUT2D eigenvalue weighted by atomic mass is 10.1. The molecule has 0 saturated heterocycles. The fourth-order valence-corrected chi connectivity index (χ4v) is 1.80. The van der Waals surface area contributed by atoms with E-state index in [0.29, 0.717) is 6.61 Å². The molecule has 0 aliphatic rings. The van der Waals surface area contributed by atoms with Crippen molar-refractivity contribution in [3.63, 3.8) is 0 Å². The number of aliphatic hydroxyl groups excluding tert-OH is 1. The molecule has 0 spiro atoms. The molecule has 0 unspecified atom stereocenters. The van der Waals surface area contributed by atoms with Crippen LogP contribution in [0.5, 0.6) is 5.75 Å². The van der Waals surface area contributed by atoms with Gasteiger partial charge in [0.25, 0.3) is 5.91 Å². The van der Waals surface area contributed by atoms with E-state index < -0.39 is 12.0 Å². The van der Waals surface area contributed by atoms with Crippen molar-refractivity contribution in [2.75, 3.05) is 6.61 Å². The summed E-state index contributed by atoms with van der Waals surface area (Å²) in [5.74, 6) is 5.22. The third-order valence-electron chi connectivity index (χ3n) is 2.84. The van der Waals surface area contributed by atoms with E-state index in [1.807, 2.05) is 12.3 Å². The van der Waals surface area contributed by atoms with E-state index in [1.54, 1.807) is 24.3 Å². The Labute approximate surface area is 121 Å². The monoisotopic (exact) mass is 291 g/mol. The first-order chi connectivity index (χ1) is 10.1. The Bertz CT molecular complexity index is 596. The zero-order chi connectivity index (χ0) is 15.2. The molecule has 0 bridgehead atoms. The first-order valence-corrected chi connectivity index (χ1v) is 6.46. The Hall–Kier alpha value is -2.45. The summed E-state index contributed by atoms with van der Waals surface area (Å²) in [7, 11) is 0. The van der Waals surface area contributed by atoms with Gasteiger partial charge in [0.05, 0.1) is 25.5 Å². The Morgan fingerprint density at radius 3 is 2.81 bits per heavy atom. The highest BCUT2D eigenvalue weighted by atomic mass is 16.5. The van der Waals surface area contributed by atoms with Gasteiger partial charge in [0.2, 0.25) is 0 Å². The highest BCUT2D eigenvalue weighted by Gasteiger charge is 2.13. The predicted molar refractivity (Wildman–Crippen MR) is 74.2 cm³/mol. The Morgan fingerprint density at radius 1 is 1.48 bits per heavy atom. The molecule has 2 aromatic rings. The Kier molecular flexibility index (Phi) is 4.85. The molecular weight excluding hydrogens is 274 g/mol. The summed E-state index contributed by atoms with van der Waals surface area (Å²) < 4.78 is 6.72. The van der Waals surface area contributed by atoms with Gasteiger partial charge >= 0.3 is 0 Å². The van der Waals surface area contributed by atoms with Crippen LogP contribution >= 0.6 is 0 Å². The van der Waals surface area contributed by atoms with Crippen LogP contribution < -0.4 is 16.0 Å². The molecule has 0 radical (unpaired) electrons. The van der Waals surface area contributed by atoms with Crippen molar-refractivity contribution < 1.29 is 14.6 Å². The molecule has 1 heterocycles. The van der Waals surface area contributed by atoms with Crippen LogP contribution in [0.3, 0.4) is 0 Å². The maximum atomic E-state index is 11.3. The van der Waals surface area contributed by atoms with E-state index in [4.69, 9.17) is 10.6 Å². The highest BCUT2D eigenvalue weighted by molar-refractivity contribution is 5.91. The molecule has 1 aromatic heterocycles. The molecule has 0 fully saturated rings. The van der Waals surface area contributed by atoms with E-state index in [1.165, 1.54) is 10.9 Å². The summed E-state index contributed by atoms with van der Waals surface area (Å²) in [5.41, 5.74) is 2.78. The Morgan fingerprint density at radius 2 is 2.19 bits per heavy atom. The van der Waals surface area contributed by atoms with Crippen molar-refractivity contribution in [2.45, 2.75) is 19.6 Å². The number of hydrazine groups is 1. The molecule has 0 saturated carbocycles. The van der Waals surface area contributed by atoms with Gasteiger partial charge in [-0.1, -0.05) is 17.3 Å². The maximum absolute atomic E-state index is 11.3. The van der Waals surface area contributed by atoms with Crippen molar-refractivity contribution in [3.8, 4) is 5.75 Å². The van der Waals surface area contributed by atoms with Crippen LogP contribution in [-0.2, 0) is 6.54 Å². The topological polar surface area (TPSA) is 115 Å². The number of nitrogens with two attached hydrogens (primary N) is 1. The molecule has 8 heteroatoms. The number of benzene rings is 1. The molecule has 112 valence electrons. The third-order valence-corrected chi connectivity index (χ3v) is 2.84. The van der Waals surface area contributed by atoms with Crippen LogP contribution in [-0.4, -0.2) is 32.6 Å². The van der Waals surface area contributed by atoms with Gasteiger partial charge < -0.3 is 9.84 Å². The average Bonchev–Trinajstić information content (AvgIpc) is 2.96. The normalized spacial score (nSPS) is 12.0. The van der Waals surface area contributed by atoms with Gasteiger partial charge in [0.15, 0.2) is 5.69 Å². The molecular formula is C13H17N5O3. The number of carbonyl (C=O) groups is 1. The van der Waals surface area contributed by atoms with Crippen molar-refractivity contribution >= 4 is 5.91 Å². The van der Waals surface area contributed by atoms with Gasteiger partial charge in [0, 0.05) is 0 Å². The minimum atomic E-state index is -0.767. The summed E-state index contributed by atoms with van der Waals surface area (Å²) in [6.45, 7) is 2.67. The third kappa shape index (κ3) is 3.77. The van der Waals surface area contributed by atoms with E-state index in [2.05, 4.69) is 10.3 Å². The summed E-state index contributed by atoms with van der Waals surface area (Å²) in [6.07, 6.45) is 0.649. The second kappa shape index (κ2) is 6.82. The number of hydrogen-bond donors (Lipinski definition) is 3. The smallest absolute Gasteiger partial charge is 0.287 e. The standard InChI is InChI=1S/C13H17N5O3/c1-2-21-10-5-3-9(4-6-10)12(19)8-18-7-11(16-17-18)13(20)15-14/h3-7,12,19H,2,8,14H2,1H3,(H,15,20)/t12-/m1/s1. The van der Waals surface area contributed by atoms with Crippen molar-refractivity contribution in [1.29, 1.82) is 0 Å². The first-order valence-electron chi connectivity index (χ1n) is 6.46. The van der Waals surface area contributed by atoms with Crippen LogP contribution in [0.25, 0.3) is 0 Å².